The molecule has 0 aliphatic carbocycles. The Balaban J connectivity index is 1.72. The summed E-state index contributed by atoms with van der Waals surface area (Å²) in [5.41, 5.74) is 7.86. The minimum Gasteiger partial charge on any atom is -0.368 e. The van der Waals surface area contributed by atoms with Gasteiger partial charge in [0.2, 0.25) is 5.95 Å². The maximum atomic E-state index is 12.5. The van der Waals surface area contributed by atoms with Gasteiger partial charge in [-0.2, -0.15) is 0 Å². The van der Waals surface area contributed by atoms with Crippen molar-refractivity contribution in [3.8, 4) is 0 Å². The smallest absolute Gasteiger partial charge is 0.254 e. The fourth-order valence-corrected chi connectivity index (χ4v) is 3.36. The zero-order chi connectivity index (χ0) is 17.6. The molecular weight excluding hydrogens is 314 g/mol. The van der Waals surface area contributed by atoms with Gasteiger partial charge in [0.15, 0.2) is 0 Å². The Morgan fingerprint density at radius 2 is 1.96 bits per heavy atom. The highest BCUT2D eigenvalue weighted by Crippen LogP contribution is 2.24. The summed E-state index contributed by atoms with van der Waals surface area (Å²) in [6.45, 7) is 4.47. The van der Waals surface area contributed by atoms with Crippen molar-refractivity contribution in [1.29, 1.82) is 0 Å². The highest BCUT2D eigenvalue weighted by atomic mass is 16.1. The summed E-state index contributed by atoms with van der Waals surface area (Å²) in [6.07, 6.45) is 5.20. The molecular formula is C19H25N5O. The number of nitrogen functional groups attached to an aromatic ring is 1. The maximum absolute atomic E-state index is 12.5. The lowest BCUT2D eigenvalue weighted by molar-refractivity contribution is 0.0923. The molecule has 0 spiro atoms. The van der Waals surface area contributed by atoms with Crippen LogP contribution in [0.25, 0.3) is 0 Å². The molecule has 1 fully saturated rings. The minimum absolute atomic E-state index is 0.157. The number of benzene rings is 1. The number of rotatable bonds is 5. The number of likely N-dealkylation sites (tertiary alicyclic amines) is 1. The van der Waals surface area contributed by atoms with Gasteiger partial charge in [-0.25, -0.2) is 9.97 Å². The highest BCUT2D eigenvalue weighted by Gasteiger charge is 2.23. The van der Waals surface area contributed by atoms with Crippen molar-refractivity contribution in [1.82, 2.24) is 20.2 Å². The molecule has 1 aromatic heterocycles. The molecule has 1 atom stereocenters. The molecule has 1 aliphatic heterocycles. The first kappa shape index (κ1) is 17.4. The van der Waals surface area contributed by atoms with Crippen LogP contribution in [0.15, 0.2) is 36.5 Å². The van der Waals surface area contributed by atoms with Gasteiger partial charge in [0, 0.05) is 12.7 Å². The van der Waals surface area contributed by atoms with Crippen molar-refractivity contribution in [2.24, 2.45) is 0 Å². The third-order valence-corrected chi connectivity index (χ3v) is 4.71. The topological polar surface area (TPSA) is 84.1 Å². The fourth-order valence-electron chi connectivity index (χ4n) is 3.36. The summed E-state index contributed by atoms with van der Waals surface area (Å²) >= 11 is 0. The van der Waals surface area contributed by atoms with Crippen LogP contribution in [0, 0.1) is 6.92 Å². The number of hydrogen-bond donors (Lipinski definition) is 2. The summed E-state index contributed by atoms with van der Waals surface area (Å²) < 4.78 is 0. The van der Waals surface area contributed by atoms with Gasteiger partial charge in [0.25, 0.3) is 5.91 Å². The lowest BCUT2D eigenvalue weighted by Gasteiger charge is -2.35. The number of nitrogens with two attached hydrogens (primary N) is 1. The molecule has 3 N–H and O–H groups in total. The average molecular weight is 339 g/mol. The first-order valence-electron chi connectivity index (χ1n) is 8.81. The molecule has 0 unspecified atom stereocenters. The summed E-state index contributed by atoms with van der Waals surface area (Å²) in [7, 11) is 0. The van der Waals surface area contributed by atoms with Gasteiger partial charge in [-0.3, -0.25) is 9.69 Å². The zero-order valence-electron chi connectivity index (χ0n) is 14.6. The van der Waals surface area contributed by atoms with Crippen LogP contribution in [0.4, 0.5) is 5.95 Å². The number of aryl methyl sites for hydroxylation is 1. The molecule has 6 nitrogen and oxygen atoms in total. The Morgan fingerprint density at radius 3 is 2.64 bits per heavy atom. The van der Waals surface area contributed by atoms with E-state index in [0.29, 0.717) is 17.8 Å². The molecule has 132 valence electrons. The molecule has 1 amide bonds. The first-order valence-corrected chi connectivity index (χ1v) is 8.81. The lowest BCUT2D eigenvalue weighted by atomic mass is 10.0. The fraction of sp³-hybridized carbons (Fsp3) is 0.421. The van der Waals surface area contributed by atoms with E-state index >= 15 is 0 Å². The van der Waals surface area contributed by atoms with E-state index in [9.17, 15) is 4.79 Å². The van der Waals surface area contributed by atoms with Crippen LogP contribution in [-0.4, -0.2) is 40.4 Å². The number of carbonyl (C=O) groups is 1. The number of anilines is 1. The maximum Gasteiger partial charge on any atom is 0.254 e. The second-order valence-corrected chi connectivity index (χ2v) is 6.46. The quantitative estimate of drug-likeness (QED) is 0.873. The zero-order valence-corrected chi connectivity index (χ0v) is 14.6. The molecule has 1 aromatic carbocycles. The van der Waals surface area contributed by atoms with E-state index in [2.05, 4.69) is 32.3 Å². The summed E-state index contributed by atoms with van der Waals surface area (Å²) in [6, 6.07) is 10.6. The van der Waals surface area contributed by atoms with Crippen LogP contribution in [0.1, 0.15) is 46.9 Å². The van der Waals surface area contributed by atoms with Crippen LogP contribution in [0.2, 0.25) is 0 Å². The second kappa shape index (κ2) is 8.07. The Kier molecular flexibility index (Phi) is 5.60. The van der Waals surface area contributed by atoms with Crippen molar-refractivity contribution in [3.63, 3.8) is 0 Å². The van der Waals surface area contributed by atoms with E-state index < -0.39 is 0 Å². The van der Waals surface area contributed by atoms with Gasteiger partial charge in [0.1, 0.15) is 0 Å². The van der Waals surface area contributed by atoms with Gasteiger partial charge in [0.05, 0.1) is 17.3 Å². The lowest BCUT2D eigenvalue weighted by Crippen LogP contribution is -2.40. The van der Waals surface area contributed by atoms with E-state index in [1.807, 2.05) is 18.2 Å². The molecule has 0 radical (unpaired) electrons. The van der Waals surface area contributed by atoms with E-state index in [0.717, 1.165) is 13.1 Å². The van der Waals surface area contributed by atoms with Gasteiger partial charge < -0.3 is 11.1 Å². The van der Waals surface area contributed by atoms with E-state index in [4.69, 9.17) is 5.73 Å². The number of carbonyl (C=O) groups excluding carboxylic acids is 1. The Hall–Kier alpha value is -2.47. The second-order valence-electron chi connectivity index (χ2n) is 6.46. The standard InChI is InChI=1S/C19H25N5O/c1-14-16(12-22-19(20)23-14)18(25)21-13-17(15-8-4-2-5-9-15)24-10-6-3-7-11-24/h2,4-5,8-9,12,17H,3,6-7,10-11,13H2,1H3,(H,21,25)(H2,20,22,23)/t17-/m0/s1. The number of aromatic nitrogens is 2. The van der Waals surface area contributed by atoms with Crippen LogP contribution >= 0.6 is 0 Å². The molecule has 1 aliphatic rings. The van der Waals surface area contributed by atoms with Crippen LogP contribution in [0.5, 0.6) is 0 Å². The number of amides is 1. The predicted octanol–water partition coefficient (Wildman–Crippen LogP) is 2.32. The SMILES string of the molecule is Cc1nc(N)ncc1C(=O)NC[C@@H](c1ccccc1)N1CCCCC1. The summed E-state index contributed by atoms with van der Waals surface area (Å²) in [5, 5.41) is 3.05. The molecule has 0 saturated carbocycles. The Labute approximate surface area is 148 Å². The monoisotopic (exact) mass is 339 g/mol. The minimum atomic E-state index is -0.157. The number of hydrogen-bond acceptors (Lipinski definition) is 5. The van der Waals surface area contributed by atoms with Crippen LogP contribution < -0.4 is 11.1 Å². The number of nitrogens with zero attached hydrogens (tertiary/aromatic N) is 3. The largest absolute Gasteiger partial charge is 0.368 e. The number of piperidine rings is 1. The molecule has 1 saturated heterocycles. The van der Waals surface area contributed by atoms with E-state index in [1.165, 1.54) is 31.0 Å². The van der Waals surface area contributed by atoms with Crippen molar-refractivity contribution >= 4 is 11.9 Å². The molecule has 25 heavy (non-hydrogen) atoms. The highest BCUT2D eigenvalue weighted by molar-refractivity contribution is 5.95. The summed E-state index contributed by atoms with van der Waals surface area (Å²) in [4.78, 5) is 23.0. The number of nitrogens with one attached hydrogen (secondary N) is 1. The first-order chi connectivity index (χ1) is 12.1. The molecule has 2 aromatic rings. The summed E-state index contributed by atoms with van der Waals surface area (Å²) in [5.74, 6) is 0.0277. The van der Waals surface area contributed by atoms with Crippen LogP contribution in [-0.2, 0) is 0 Å². The third kappa shape index (κ3) is 4.33. The molecule has 0 bridgehead atoms. The van der Waals surface area contributed by atoms with Gasteiger partial charge in [-0.1, -0.05) is 36.8 Å². The van der Waals surface area contributed by atoms with Crippen LogP contribution in [0.3, 0.4) is 0 Å². The van der Waals surface area contributed by atoms with Gasteiger partial charge >= 0.3 is 0 Å². The Morgan fingerprint density at radius 1 is 1.24 bits per heavy atom. The van der Waals surface area contributed by atoms with Gasteiger partial charge in [-0.15, -0.1) is 0 Å². The van der Waals surface area contributed by atoms with Crippen molar-refractivity contribution in [3.05, 3.63) is 53.3 Å². The predicted molar refractivity (Wildman–Crippen MR) is 98.1 cm³/mol. The molecule has 6 heteroatoms. The third-order valence-electron chi connectivity index (χ3n) is 4.71. The van der Waals surface area contributed by atoms with Crippen molar-refractivity contribution in [2.45, 2.75) is 32.2 Å². The van der Waals surface area contributed by atoms with E-state index in [-0.39, 0.29) is 17.9 Å². The average Bonchev–Trinajstić information content (AvgIpc) is 2.63. The molecule has 2 heterocycles. The van der Waals surface area contributed by atoms with Crippen molar-refractivity contribution in [2.75, 3.05) is 25.4 Å². The Bertz CT molecular complexity index is 713. The van der Waals surface area contributed by atoms with E-state index in [1.54, 1.807) is 6.92 Å². The normalized spacial score (nSPS) is 16.4. The van der Waals surface area contributed by atoms with Crippen molar-refractivity contribution < 1.29 is 4.79 Å². The molecule has 3 rings (SSSR count). The van der Waals surface area contributed by atoms with Gasteiger partial charge in [-0.05, 0) is 38.4 Å².